The highest BCUT2D eigenvalue weighted by atomic mass is 79.9. The van der Waals surface area contributed by atoms with Crippen LogP contribution < -0.4 is 19.4 Å². The number of rotatable bonds is 7. The molecule has 2 amide bonds. The second-order valence-electron chi connectivity index (χ2n) is 9.33. The quantitative estimate of drug-likeness (QED) is 0.245. The molecule has 0 bridgehead atoms. The molecule has 0 saturated carbocycles. The zero-order valence-corrected chi connectivity index (χ0v) is 22.7. The first-order chi connectivity index (χ1) is 19.0. The molecular formula is C31H25BrN2O5. The maximum absolute atomic E-state index is 13.9. The van der Waals surface area contributed by atoms with Crippen LogP contribution >= 0.6 is 15.9 Å². The molecule has 2 fully saturated rings. The molecule has 7 nitrogen and oxygen atoms in total. The predicted molar refractivity (Wildman–Crippen MR) is 150 cm³/mol. The van der Waals surface area contributed by atoms with Crippen molar-refractivity contribution in [2.24, 2.45) is 5.92 Å². The van der Waals surface area contributed by atoms with E-state index in [1.54, 1.807) is 36.4 Å². The number of benzene rings is 4. The smallest absolute Gasteiger partial charge is 0.266 e. The van der Waals surface area contributed by atoms with Crippen LogP contribution in [0.3, 0.4) is 0 Å². The van der Waals surface area contributed by atoms with E-state index in [0.717, 1.165) is 21.3 Å². The molecule has 0 unspecified atom stereocenters. The summed E-state index contributed by atoms with van der Waals surface area (Å²) in [7, 11) is 1.58. The van der Waals surface area contributed by atoms with E-state index in [4.69, 9.17) is 14.3 Å². The number of ether oxygens (including phenoxy) is 2. The van der Waals surface area contributed by atoms with Crippen molar-refractivity contribution < 1.29 is 23.9 Å². The van der Waals surface area contributed by atoms with Crippen molar-refractivity contribution >= 4 is 39.1 Å². The molecular weight excluding hydrogens is 560 g/mol. The number of amides is 2. The fourth-order valence-electron chi connectivity index (χ4n) is 5.12. The van der Waals surface area contributed by atoms with Crippen LogP contribution in [-0.4, -0.2) is 25.0 Å². The van der Waals surface area contributed by atoms with Gasteiger partial charge in [0.25, 0.3) is 5.91 Å². The van der Waals surface area contributed by atoms with E-state index in [1.165, 1.54) is 4.90 Å². The minimum atomic E-state index is -0.952. The molecule has 0 aromatic heterocycles. The Morgan fingerprint density at radius 1 is 0.795 bits per heavy atom. The van der Waals surface area contributed by atoms with Crippen molar-refractivity contribution in [1.29, 1.82) is 0 Å². The highest BCUT2D eigenvalue weighted by Crippen LogP contribution is 2.48. The van der Waals surface area contributed by atoms with Gasteiger partial charge in [-0.05, 0) is 59.7 Å². The van der Waals surface area contributed by atoms with Gasteiger partial charge in [-0.2, -0.15) is 0 Å². The summed E-state index contributed by atoms with van der Waals surface area (Å²) in [5.41, 5.74) is 3.07. The van der Waals surface area contributed by atoms with Gasteiger partial charge in [-0.3, -0.25) is 14.4 Å². The van der Waals surface area contributed by atoms with Gasteiger partial charge in [0.1, 0.15) is 12.5 Å². The Morgan fingerprint density at radius 2 is 1.49 bits per heavy atom. The average molecular weight is 585 g/mol. The number of fused-ring (bicyclic) bond motifs is 1. The number of halogens is 1. The molecule has 6 rings (SSSR count). The van der Waals surface area contributed by atoms with Crippen LogP contribution in [-0.2, 0) is 21.0 Å². The molecule has 2 aliphatic rings. The summed E-state index contributed by atoms with van der Waals surface area (Å²) in [4.78, 5) is 34.9. The van der Waals surface area contributed by atoms with E-state index >= 15 is 0 Å². The molecule has 0 radical (unpaired) electrons. The van der Waals surface area contributed by atoms with Crippen LogP contribution in [0, 0.1) is 5.92 Å². The van der Waals surface area contributed by atoms with Crippen molar-refractivity contribution in [2.75, 3.05) is 17.1 Å². The number of imide groups is 1. The third-order valence-corrected chi connectivity index (χ3v) is 7.51. The van der Waals surface area contributed by atoms with E-state index in [1.807, 2.05) is 78.9 Å². The summed E-state index contributed by atoms with van der Waals surface area (Å²) in [5.74, 6) is -0.328. The largest absolute Gasteiger partial charge is 0.493 e. The molecule has 0 N–H and O–H groups in total. The van der Waals surface area contributed by atoms with E-state index in [2.05, 4.69) is 15.9 Å². The minimum Gasteiger partial charge on any atom is -0.493 e. The second-order valence-corrected chi connectivity index (χ2v) is 10.2. The summed E-state index contributed by atoms with van der Waals surface area (Å²) in [6.45, 7) is 0.388. The van der Waals surface area contributed by atoms with Crippen molar-refractivity contribution in [3.63, 3.8) is 0 Å². The molecule has 39 heavy (non-hydrogen) atoms. The van der Waals surface area contributed by atoms with Crippen LogP contribution in [0.25, 0.3) is 0 Å². The van der Waals surface area contributed by atoms with Gasteiger partial charge in [-0.25, -0.2) is 9.96 Å². The van der Waals surface area contributed by atoms with Crippen LogP contribution in [0.1, 0.15) is 17.2 Å². The van der Waals surface area contributed by atoms with E-state index in [9.17, 15) is 9.59 Å². The lowest BCUT2D eigenvalue weighted by Gasteiger charge is -2.29. The number of methoxy groups -OCH3 is 1. The molecule has 0 spiro atoms. The number of nitrogens with zero attached hydrogens (tertiary/aromatic N) is 2. The summed E-state index contributed by atoms with van der Waals surface area (Å²) in [5, 5.41) is 1.67. The van der Waals surface area contributed by atoms with Crippen molar-refractivity contribution in [2.45, 2.75) is 18.8 Å². The van der Waals surface area contributed by atoms with E-state index in [0.29, 0.717) is 23.8 Å². The Hall–Kier alpha value is -4.14. The minimum absolute atomic E-state index is 0.306. The van der Waals surface area contributed by atoms with E-state index in [-0.39, 0.29) is 11.8 Å². The lowest BCUT2D eigenvalue weighted by molar-refractivity contribution is -0.126. The first-order valence-electron chi connectivity index (χ1n) is 12.5. The summed E-state index contributed by atoms with van der Waals surface area (Å²) < 4.78 is 12.6. The molecule has 2 heterocycles. The number of hydroxylamine groups is 1. The average Bonchev–Trinajstić information content (AvgIpc) is 3.49. The van der Waals surface area contributed by atoms with Crippen LogP contribution in [0.4, 0.5) is 11.4 Å². The van der Waals surface area contributed by atoms with Crippen LogP contribution in [0.5, 0.6) is 11.5 Å². The lowest BCUT2D eigenvalue weighted by atomic mass is 9.90. The molecule has 0 aliphatic carbocycles. The third-order valence-electron chi connectivity index (χ3n) is 6.98. The maximum Gasteiger partial charge on any atom is 0.266 e. The van der Waals surface area contributed by atoms with Gasteiger partial charge >= 0.3 is 0 Å². The number of carbonyl (C=O) groups excluding carboxylic acids is 2. The van der Waals surface area contributed by atoms with Crippen molar-refractivity contribution in [1.82, 2.24) is 0 Å². The third kappa shape index (κ3) is 4.66. The fraction of sp³-hybridized carbons (Fsp3) is 0.161. The SMILES string of the molecule is COc1cc([C@@H]2[C@H]3C(=O)N(c4ccc(Br)cc4)C(=O)[C@H]3ON2c2ccccc2)ccc1OCc1ccccc1. The Kier molecular flexibility index (Phi) is 6.81. The molecule has 4 aromatic carbocycles. The van der Waals surface area contributed by atoms with Gasteiger partial charge < -0.3 is 9.47 Å². The van der Waals surface area contributed by atoms with Gasteiger partial charge in [-0.1, -0.05) is 70.5 Å². The van der Waals surface area contributed by atoms with Crippen molar-refractivity contribution in [3.8, 4) is 11.5 Å². The molecule has 196 valence electrons. The van der Waals surface area contributed by atoms with Crippen molar-refractivity contribution in [3.05, 3.63) is 119 Å². The Morgan fingerprint density at radius 3 is 2.18 bits per heavy atom. The van der Waals surface area contributed by atoms with Gasteiger partial charge in [0.15, 0.2) is 17.6 Å². The fourth-order valence-corrected chi connectivity index (χ4v) is 5.38. The molecule has 3 atom stereocenters. The Balaban J connectivity index is 1.36. The first-order valence-corrected chi connectivity index (χ1v) is 13.3. The lowest BCUT2D eigenvalue weighted by Crippen LogP contribution is -2.37. The number of para-hydroxylation sites is 1. The highest BCUT2D eigenvalue weighted by Gasteiger charge is 2.60. The van der Waals surface area contributed by atoms with Gasteiger partial charge in [0.05, 0.1) is 24.5 Å². The van der Waals surface area contributed by atoms with Crippen LogP contribution in [0.15, 0.2) is 108 Å². The summed E-state index contributed by atoms with van der Waals surface area (Å²) in [6.07, 6.45) is -0.952. The number of hydrogen-bond donors (Lipinski definition) is 0. The monoisotopic (exact) mass is 584 g/mol. The Bertz CT molecular complexity index is 1500. The highest BCUT2D eigenvalue weighted by molar-refractivity contribution is 9.10. The zero-order chi connectivity index (χ0) is 26.9. The van der Waals surface area contributed by atoms with Gasteiger partial charge in [-0.15, -0.1) is 0 Å². The normalized spacial score (nSPS) is 20.3. The molecule has 2 aliphatic heterocycles. The number of anilines is 2. The van der Waals surface area contributed by atoms with Gasteiger partial charge in [0.2, 0.25) is 5.91 Å². The predicted octanol–water partition coefficient (Wildman–Crippen LogP) is 6.09. The standard InChI is InChI=1S/C31H25BrN2O5/c1-37-26-18-21(12-17-25(26)38-19-20-8-4-2-5-9-20)28-27-29(39-34(28)24-10-6-3-7-11-24)31(36)33(30(27)35)23-15-13-22(32)14-16-23/h2-18,27-29H,19H2,1H3/t27-,28-,29+/m1/s1. The Labute approximate surface area is 234 Å². The molecule has 2 saturated heterocycles. The van der Waals surface area contributed by atoms with Crippen LogP contribution in [0.2, 0.25) is 0 Å². The summed E-state index contributed by atoms with van der Waals surface area (Å²) >= 11 is 3.41. The second kappa shape index (κ2) is 10.6. The molecule has 4 aromatic rings. The number of hydrogen-bond acceptors (Lipinski definition) is 6. The van der Waals surface area contributed by atoms with E-state index < -0.39 is 18.1 Å². The van der Waals surface area contributed by atoms with Gasteiger partial charge in [0, 0.05) is 4.47 Å². The topological polar surface area (TPSA) is 68.3 Å². The maximum atomic E-state index is 13.9. The molecule has 8 heteroatoms. The zero-order valence-electron chi connectivity index (χ0n) is 21.1. The number of carbonyl (C=O) groups is 2. The summed E-state index contributed by atoms with van der Waals surface area (Å²) in [6, 6.07) is 31.5. The first kappa shape index (κ1) is 25.2.